The maximum absolute atomic E-state index is 12.5. The number of aryl methyl sites for hydroxylation is 1. The van der Waals surface area contributed by atoms with Gasteiger partial charge in [-0.25, -0.2) is 0 Å². The molecule has 0 saturated carbocycles. The van der Waals surface area contributed by atoms with Gasteiger partial charge in [0.05, 0.1) is 16.8 Å². The minimum absolute atomic E-state index is 0.189. The number of nitrogens with zero attached hydrogens (tertiary/aromatic N) is 1. The molecule has 1 aromatic heterocycles. The average molecular weight is 335 g/mol. The van der Waals surface area contributed by atoms with Crippen molar-refractivity contribution in [2.75, 3.05) is 0 Å². The molecule has 0 atom stereocenters. The van der Waals surface area contributed by atoms with Gasteiger partial charge in [0.15, 0.2) is 0 Å². The fourth-order valence-corrected chi connectivity index (χ4v) is 1.85. The molecule has 126 valence electrons. The van der Waals surface area contributed by atoms with E-state index >= 15 is 0 Å². The summed E-state index contributed by atoms with van der Waals surface area (Å²) in [7, 11) is 0. The lowest BCUT2D eigenvalue weighted by Crippen LogP contribution is -2.06. The van der Waals surface area contributed by atoms with Gasteiger partial charge in [-0.3, -0.25) is 4.98 Å². The number of hydrogen-bond acceptors (Lipinski definition) is 1. The van der Waals surface area contributed by atoms with Crippen LogP contribution in [0.2, 0.25) is 0 Å². The van der Waals surface area contributed by atoms with E-state index in [1.165, 1.54) is 13.0 Å². The number of benzene rings is 1. The van der Waals surface area contributed by atoms with Crippen LogP contribution in [0.3, 0.4) is 0 Å². The van der Waals surface area contributed by atoms with Crippen molar-refractivity contribution in [1.29, 1.82) is 0 Å². The van der Waals surface area contributed by atoms with Crippen LogP contribution in [0.4, 0.5) is 26.3 Å². The molecule has 2 aromatic rings. The Morgan fingerprint density at radius 2 is 1.30 bits per heavy atom. The SMILES string of the molecule is CC.Cc1cc(C(F)(F)F)ccc1-c1ccc(C(F)(F)F)cn1. The monoisotopic (exact) mass is 335 g/mol. The van der Waals surface area contributed by atoms with Crippen LogP contribution in [-0.2, 0) is 12.4 Å². The zero-order valence-corrected chi connectivity index (χ0v) is 12.7. The molecule has 0 fully saturated rings. The van der Waals surface area contributed by atoms with E-state index in [4.69, 9.17) is 0 Å². The van der Waals surface area contributed by atoms with Gasteiger partial charge in [0.2, 0.25) is 0 Å². The maximum atomic E-state index is 12.5. The third-order valence-corrected chi connectivity index (χ3v) is 2.92. The van der Waals surface area contributed by atoms with Crippen molar-refractivity contribution in [1.82, 2.24) is 4.98 Å². The van der Waals surface area contributed by atoms with E-state index in [2.05, 4.69) is 4.98 Å². The van der Waals surface area contributed by atoms with E-state index in [0.29, 0.717) is 11.8 Å². The second-order valence-electron chi connectivity index (χ2n) is 4.46. The molecule has 0 bridgehead atoms. The van der Waals surface area contributed by atoms with Crippen LogP contribution in [0.15, 0.2) is 36.5 Å². The molecule has 0 amide bonds. The highest BCUT2D eigenvalue weighted by atomic mass is 19.4. The Bertz CT molecular complexity index is 641. The van der Waals surface area contributed by atoms with E-state index in [1.807, 2.05) is 13.8 Å². The van der Waals surface area contributed by atoms with Crippen LogP contribution in [0, 0.1) is 6.92 Å². The predicted octanol–water partition coefficient (Wildman–Crippen LogP) is 6.12. The molecule has 0 saturated heterocycles. The molecule has 1 aromatic carbocycles. The summed E-state index contributed by atoms with van der Waals surface area (Å²) in [5.41, 5.74) is -0.880. The van der Waals surface area contributed by atoms with E-state index in [9.17, 15) is 26.3 Å². The Balaban J connectivity index is 0.00000127. The molecule has 2 rings (SSSR count). The number of hydrogen-bond donors (Lipinski definition) is 0. The van der Waals surface area contributed by atoms with Gasteiger partial charge >= 0.3 is 12.4 Å². The molecule has 0 aliphatic carbocycles. The lowest BCUT2D eigenvalue weighted by Gasteiger charge is -2.11. The molecule has 0 aliphatic rings. The second kappa shape index (κ2) is 7.02. The summed E-state index contributed by atoms with van der Waals surface area (Å²) in [5, 5.41) is 0. The summed E-state index contributed by atoms with van der Waals surface area (Å²) in [6.45, 7) is 5.45. The van der Waals surface area contributed by atoms with Crippen LogP contribution < -0.4 is 0 Å². The Morgan fingerprint density at radius 3 is 1.70 bits per heavy atom. The fourth-order valence-electron chi connectivity index (χ4n) is 1.85. The minimum atomic E-state index is -4.50. The highest BCUT2D eigenvalue weighted by molar-refractivity contribution is 5.64. The second-order valence-corrected chi connectivity index (χ2v) is 4.46. The van der Waals surface area contributed by atoms with Crippen LogP contribution in [0.1, 0.15) is 30.5 Å². The Kier molecular flexibility index (Phi) is 5.80. The average Bonchev–Trinajstić information content (AvgIpc) is 2.47. The summed E-state index contributed by atoms with van der Waals surface area (Å²) >= 11 is 0. The smallest absolute Gasteiger partial charge is 0.256 e. The molecule has 7 heteroatoms. The summed E-state index contributed by atoms with van der Waals surface area (Å²) in [4.78, 5) is 3.67. The highest BCUT2D eigenvalue weighted by Crippen LogP contribution is 2.33. The quantitative estimate of drug-likeness (QED) is 0.572. The van der Waals surface area contributed by atoms with Crippen molar-refractivity contribution in [3.05, 3.63) is 53.2 Å². The number of aromatic nitrogens is 1. The highest BCUT2D eigenvalue weighted by Gasteiger charge is 2.32. The molecule has 0 unspecified atom stereocenters. The first-order chi connectivity index (χ1) is 10.6. The first-order valence-electron chi connectivity index (χ1n) is 6.80. The summed E-state index contributed by atoms with van der Waals surface area (Å²) in [6, 6.07) is 5.00. The van der Waals surface area contributed by atoms with Crippen molar-refractivity contribution >= 4 is 0 Å². The van der Waals surface area contributed by atoms with E-state index in [1.54, 1.807) is 0 Å². The van der Waals surface area contributed by atoms with Crippen molar-refractivity contribution in [3.63, 3.8) is 0 Å². The lowest BCUT2D eigenvalue weighted by atomic mass is 10.0. The molecule has 0 N–H and O–H groups in total. The van der Waals surface area contributed by atoms with Crippen LogP contribution in [0.25, 0.3) is 11.3 Å². The molecule has 0 aliphatic heterocycles. The van der Waals surface area contributed by atoms with Gasteiger partial charge in [-0.1, -0.05) is 19.9 Å². The lowest BCUT2D eigenvalue weighted by molar-refractivity contribution is -0.138. The summed E-state index contributed by atoms with van der Waals surface area (Å²) < 4.78 is 74.9. The van der Waals surface area contributed by atoms with E-state index in [0.717, 1.165) is 24.3 Å². The number of pyridine rings is 1. The van der Waals surface area contributed by atoms with Gasteiger partial charge < -0.3 is 0 Å². The summed E-state index contributed by atoms with van der Waals surface area (Å²) in [6.07, 6.45) is -8.30. The Morgan fingerprint density at radius 1 is 0.783 bits per heavy atom. The largest absolute Gasteiger partial charge is 0.417 e. The molecule has 1 nitrogen and oxygen atoms in total. The zero-order chi connectivity index (χ0) is 17.8. The first-order valence-corrected chi connectivity index (χ1v) is 6.80. The van der Waals surface area contributed by atoms with Gasteiger partial charge in [0, 0.05) is 11.8 Å². The molecular weight excluding hydrogens is 320 g/mol. The third kappa shape index (κ3) is 4.71. The number of alkyl halides is 6. The van der Waals surface area contributed by atoms with Crippen LogP contribution >= 0.6 is 0 Å². The van der Waals surface area contributed by atoms with Crippen LogP contribution in [0.5, 0.6) is 0 Å². The third-order valence-electron chi connectivity index (χ3n) is 2.92. The van der Waals surface area contributed by atoms with Crippen molar-refractivity contribution < 1.29 is 26.3 Å². The van der Waals surface area contributed by atoms with Gasteiger partial charge in [-0.2, -0.15) is 26.3 Å². The first kappa shape index (κ1) is 19.0. The van der Waals surface area contributed by atoms with Crippen molar-refractivity contribution in [3.8, 4) is 11.3 Å². The van der Waals surface area contributed by atoms with Gasteiger partial charge in [-0.05, 0) is 36.8 Å². The molecule has 0 radical (unpaired) electrons. The van der Waals surface area contributed by atoms with Gasteiger partial charge in [0.25, 0.3) is 0 Å². The fraction of sp³-hybridized carbons (Fsp3) is 0.312. The molecule has 23 heavy (non-hydrogen) atoms. The topological polar surface area (TPSA) is 12.9 Å². The molecule has 0 spiro atoms. The van der Waals surface area contributed by atoms with Gasteiger partial charge in [-0.15, -0.1) is 0 Å². The predicted molar refractivity (Wildman–Crippen MR) is 75.8 cm³/mol. The van der Waals surface area contributed by atoms with E-state index < -0.39 is 23.5 Å². The minimum Gasteiger partial charge on any atom is -0.256 e. The Labute approximate surface area is 130 Å². The number of halogens is 6. The van der Waals surface area contributed by atoms with E-state index in [-0.39, 0.29) is 11.3 Å². The Hall–Kier alpha value is -2.05. The standard InChI is InChI=1S/C14H9F6N.C2H6/c1-8-6-9(13(15,16)17)2-4-11(8)12-5-3-10(7-21-12)14(18,19)20;1-2/h2-7H,1H3;1-2H3. The number of rotatable bonds is 1. The van der Waals surface area contributed by atoms with Gasteiger partial charge in [0.1, 0.15) is 0 Å². The summed E-state index contributed by atoms with van der Waals surface area (Å²) in [5.74, 6) is 0. The maximum Gasteiger partial charge on any atom is 0.417 e. The molecular formula is C16H15F6N. The molecule has 1 heterocycles. The normalized spacial score (nSPS) is 11.7. The van der Waals surface area contributed by atoms with Crippen molar-refractivity contribution in [2.45, 2.75) is 33.1 Å². The van der Waals surface area contributed by atoms with Crippen molar-refractivity contribution in [2.24, 2.45) is 0 Å². The van der Waals surface area contributed by atoms with Crippen LogP contribution in [-0.4, -0.2) is 4.98 Å². The zero-order valence-electron chi connectivity index (χ0n) is 12.7.